The van der Waals surface area contributed by atoms with E-state index in [1.54, 1.807) is 45.0 Å². The third kappa shape index (κ3) is 4.39. The van der Waals surface area contributed by atoms with Gasteiger partial charge < -0.3 is 10.1 Å². The zero-order chi connectivity index (χ0) is 18.1. The van der Waals surface area contributed by atoms with Crippen LogP contribution in [0.25, 0.3) is 0 Å². The fraction of sp³-hybridized carbons (Fsp3) is 0.500. The molecule has 0 aromatic heterocycles. The second kappa shape index (κ2) is 6.33. The summed E-state index contributed by atoms with van der Waals surface area (Å²) in [4.78, 5) is 24.8. The van der Waals surface area contributed by atoms with E-state index in [9.17, 15) is 22.8 Å². The topological polar surface area (TPSA) is 58.6 Å². The third-order valence-electron chi connectivity index (χ3n) is 3.36. The van der Waals surface area contributed by atoms with Crippen molar-refractivity contribution in [3.8, 4) is 0 Å². The van der Waals surface area contributed by atoms with E-state index in [4.69, 9.17) is 4.74 Å². The van der Waals surface area contributed by atoms with Crippen LogP contribution in [0.4, 0.5) is 23.7 Å². The van der Waals surface area contributed by atoms with Crippen molar-refractivity contribution in [3.63, 3.8) is 0 Å². The predicted molar refractivity (Wildman–Crippen MR) is 81.7 cm³/mol. The lowest BCUT2D eigenvalue weighted by Gasteiger charge is -2.36. The Hall–Kier alpha value is -2.25. The number of ether oxygens (including phenoxy) is 1. The standard InChI is InChI=1S/C16H19F3N2O3/c1-15(2,3)24-14(23)21-9-11(20-13(22)16(17,18)19)8-10-6-4-5-7-12(10)21/h4-7,11H,8-9H2,1-3H3,(H,20,22)/t11-/m0/s1. The Morgan fingerprint density at radius 1 is 1.21 bits per heavy atom. The molecule has 0 bridgehead atoms. The number of hydrogen-bond donors (Lipinski definition) is 1. The summed E-state index contributed by atoms with van der Waals surface area (Å²) in [7, 11) is 0. The van der Waals surface area contributed by atoms with E-state index in [2.05, 4.69) is 0 Å². The number of nitrogens with zero attached hydrogens (tertiary/aromatic N) is 1. The van der Waals surface area contributed by atoms with Crippen molar-refractivity contribution in [2.24, 2.45) is 0 Å². The fourth-order valence-electron chi connectivity index (χ4n) is 2.45. The monoisotopic (exact) mass is 344 g/mol. The van der Waals surface area contributed by atoms with Crippen LogP contribution in [0.15, 0.2) is 24.3 Å². The van der Waals surface area contributed by atoms with Gasteiger partial charge in [-0.3, -0.25) is 9.69 Å². The van der Waals surface area contributed by atoms with Gasteiger partial charge in [-0.1, -0.05) is 18.2 Å². The Balaban J connectivity index is 2.23. The maximum atomic E-state index is 12.5. The van der Waals surface area contributed by atoms with Gasteiger partial charge in [0.2, 0.25) is 0 Å². The Morgan fingerprint density at radius 2 is 1.83 bits per heavy atom. The largest absolute Gasteiger partial charge is 0.471 e. The zero-order valence-electron chi connectivity index (χ0n) is 13.6. The summed E-state index contributed by atoms with van der Waals surface area (Å²) in [5, 5.41) is 1.93. The first-order valence-electron chi connectivity index (χ1n) is 7.43. The lowest BCUT2D eigenvalue weighted by molar-refractivity contribution is -0.174. The van der Waals surface area contributed by atoms with Gasteiger partial charge in [0.15, 0.2) is 0 Å². The minimum atomic E-state index is -4.96. The second-order valence-corrected chi connectivity index (χ2v) is 6.59. The highest BCUT2D eigenvalue weighted by atomic mass is 19.4. The van der Waals surface area contributed by atoms with Crippen LogP contribution in [-0.2, 0) is 16.0 Å². The summed E-state index contributed by atoms with van der Waals surface area (Å²) in [6, 6.07) is 6.01. The van der Waals surface area contributed by atoms with E-state index >= 15 is 0 Å². The van der Waals surface area contributed by atoms with Crippen LogP contribution in [0.3, 0.4) is 0 Å². The van der Waals surface area contributed by atoms with Crippen molar-refractivity contribution >= 4 is 17.7 Å². The van der Waals surface area contributed by atoms with Crippen LogP contribution < -0.4 is 10.2 Å². The lowest BCUT2D eigenvalue weighted by atomic mass is 9.98. The Morgan fingerprint density at radius 3 is 2.42 bits per heavy atom. The minimum absolute atomic E-state index is 0.0895. The number of fused-ring (bicyclic) bond motifs is 1. The molecule has 1 aromatic rings. The van der Waals surface area contributed by atoms with Gasteiger partial charge in [0.05, 0.1) is 11.7 Å². The summed E-state index contributed by atoms with van der Waals surface area (Å²) in [5.41, 5.74) is 0.500. The number of benzene rings is 1. The van der Waals surface area contributed by atoms with Crippen molar-refractivity contribution in [1.82, 2.24) is 5.32 Å². The highest BCUT2D eigenvalue weighted by molar-refractivity contribution is 5.90. The first-order chi connectivity index (χ1) is 11.0. The van der Waals surface area contributed by atoms with Crippen LogP contribution in [0.1, 0.15) is 26.3 Å². The molecule has 0 fully saturated rings. The van der Waals surface area contributed by atoms with Gasteiger partial charge in [0.1, 0.15) is 5.60 Å². The molecule has 8 heteroatoms. The highest BCUT2D eigenvalue weighted by Gasteiger charge is 2.41. The third-order valence-corrected chi connectivity index (χ3v) is 3.36. The maximum Gasteiger partial charge on any atom is 0.471 e. The molecule has 24 heavy (non-hydrogen) atoms. The first-order valence-corrected chi connectivity index (χ1v) is 7.43. The molecule has 1 heterocycles. The smallest absolute Gasteiger partial charge is 0.443 e. The molecule has 1 N–H and O–H groups in total. The van der Waals surface area contributed by atoms with Crippen molar-refractivity contribution in [2.45, 2.75) is 45.0 Å². The summed E-state index contributed by atoms with van der Waals surface area (Å²) in [5.74, 6) is -2.02. The van der Waals surface area contributed by atoms with Gasteiger partial charge >= 0.3 is 18.2 Å². The summed E-state index contributed by atoms with van der Waals surface area (Å²) < 4.78 is 42.7. The van der Waals surface area contributed by atoms with E-state index in [0.29, 0.717) is 11.3 Å². The maximum absolute atomic E-state index is 12.5. The molecule has 0 spiro atoms. The molecule has 0 saturated carbocycles. The molecule has 2 amide bonds. The predicted octanol–water partition coefficient (Wildman–Crippen LogP) is 3.03. The van der Waals surface area contributed by atoms with Crippen LogP contribution in [0.2, 0.25) is 0 Å². The van der Waals surface area contributed by atoms with Gasteiger partial charge in [-0.15, -0.1) is 0 Å². The molecular formula is C16H19F3N2O3. The molecule has 0 unspecified atom stereocenters. The summed E-state index contributed by atoms with van der Waals surface area (Å²) >= 11 is 0. The highest BCUT2D eigenvalue weighted by Crippen LogP contribution is 2.29. The number of nitrogens with one attached hydrogen (secondary N) is 1. The van der Waals surface area contributed by atoms with Gasteiger partial charge in [-0.2, -0.15) is 13.2 Å². The van der Waals surface area contributed by atoms with E-state index in [-0.39, 0.29) is 13.0 Å². The Labute approximate surface area is 137 Å². The molecule has 5 nitrogen and oxygen atoms in total. The second-order valence-electron chi connectivity index (χ2n) is 6.59. The molecule has 0 radical (unpaired) electrons. The molecule has 1 atom stereocenters. The molecule has 1 aliphatic rings. The van der Waals surface area contributed by atoms with Crippen LogP contribution in [0.5, 0.6) is 0 Å². The molecule has 0 aliphatic carbocycles. The number of carbonyl (C=O) groups excluding carboxylic acids is 2. The number of anilines is 1. The Kier molecular flexibility index (Phi) is 4.77. The average Bonchev–Trinajstić information content (AvgIpc) is 2.43. The van der Waals surface area contributed by atoms with Crippen molar-refractivity contribution in [3.05, 3.63) is 29.8 Å². The van der Waals surface area contributed by atoms with Gasteiger partial charge in [-0.05, 0) is 38.8 Å². The Bertz CT molecular complexity index is 638. The molecular weight excluding hydrogens is 325 g/mol. The van der Waals surface area contributed by atoms with E-state index < -0.39 is 29.8 Å². The molecule has 1 aromatic carbocycles. The van der Waals surface area contributed by atoms with E-state index in [1.807, 2.05) is 5.32 Å². The number of hydrogen-bond acceptors (Lipinski definition) is 3. The number of alkyl halides is 3. The fourth-order valence-corrected chi connectivity index (χ4v) is 2.45. The molecule has 0 saturated heterocycles. The van der Waals surface area contributed by atoms with Gasteiger partial charge in [0.25, 0.3) is 0 Å². The molecule has 132 valence electrons. The van der Waals surface area contributed by atoms with Gasteiger partial charge in [0, 0.05) is 6.54 Å². The van der Waals surface area contributed by atoms with Crippen LogP contribution in [0, 0.1) is 0 Å². The van der Waals surface area contributed by atoms with E-state index in [1.165, 1.54) is 4.90 Å². The number of amides is 2. The first kappa shape index (κ1) is 18.1. The minimum Gasteiger partial charge on any atom is -0.443 e. The number of halogens is 3. The summed E-state index contributed by atoms with van der Waals surface area (Å²) in [6.07, 6.45) is -5.42. The van der Waals surface area contributed by atoms with Crippen molar-refractivity contribution in [1.29, 1.82) is 0 Å². The van der Waals surface area contributed by atoms with E-state index in [0.717, 1.165) is 0 Å². The molecule has 1 aliphatic heterocycles. The van der Waals surface area contributed by atoms with Gasteiger partial charge in [-0.25, -0.2) is 4.79 Å². The molecule has 2 rings (SSSR count). The number of rotatable bonds is 1. The normalized spacial score (nSPS) is 17.9. The average molecular weight is 344 g/mol. The lowest BCUT2D eigenvalue weighted by Crippen LogP contribution is -2.53. The summed E-state index contributed by atoms with van der Waals surface area (Å²) in [6.45, 7) is 5.00. The van der Waals surface area contributed by atoms with Crippen molar-refractivity contribution < 1.29 is 27.5 Å². The van der Waals surface area contributed by atoms with Crippen LogP contribution in [-0.4, -0.2) is 36.4 Å². The number of para-hydroxylation sites is 1. The number of carbonyl (C=O) groups is 2. The zero-order valence-corrected chi connectivity index (χ0v) is 13.6. The quantitative estimate of drug-likeness (QED) is 0.852. The van der Waals surface area contributed by atoms with Crippen molar-refractivity contribution in [2.75, 3.05) is 11.4 Å². The SMILES string of the molecule is CC(C)(C)OC(=O)N1C[C@@H](NC(=O)C(F)(F)F)Cc2ccccc21. The van der Waals surface area contributed by atoms with Crippen LogP contribution >= 0.6 is 0 Å².